The summed E-state index contributed by atoms with van der Waals surface area (Å²) in [7, 11) is 0. The van der Waals surface area contributed by atoms with Gasteiger partial charge in [0.15, 0.2) is 0 Å². The zero-order valence-corrected chi connectivity index (χ0v) is 18.5. The number of benzene rings is 2. The van der Waals surface area contributed by atoms with Gasteiger partial charge in [-0.3, -0.25) is 9.59 Å². The van der Waals surface area contributed by atoms with E-state index < -0.39 is 6.04 Å². The summed E-state index contributed by atoms with van der Waals surface area (Å²) in [5.41, 5.74) is 1.85. The van der Waals surface area contributed by atoms with Crippen molar-refractivity contribution >= 4 is 35.0 Å². The number of carbonyl (C=O) groups is 2. The molecule has 0 fully saturated rings. The number of rotatable bonds is 10. The fraction of sp³-hybridized carbons (Fsp3) is 0.391. The number of hydrogen-bond acceptors (Lipinski definition) is 2. The van der Waals surface area contributed by atoms with Crippen molar-refractivity contribution in [2.45, 2.75) is 52.1 Å². The molecule has 2 aromatic carbocycles. The lowest BCUT2D eigenvalue weighted by molar-refractivity contribution is -0.140. The molecule has 0 unspecified atom stereocenters. The minimum absolute atomic E-state index is 0.0852. The number of carbonyl (C=O) groups excluding carboxylic acids is 2. The Morgan fingerprint density at radius 2 is 1.83 bits per heavy atom. The zero-order chi connectivity index (χ0) is 21.2. The van der Waals surface area contributed by atoms with Gasteiger partial charge in [0, 0.05) is 29.6 Å². The van der Waals surface area contributed by atoms with Gasteiger partial charge in [-0.15, -0.1) is 0 Å². The summed E-state index contributed by atoms with van der Waals surface area (Å²) in [5.74, 6) is -0.241. The first kappa shape index (κ1) is 23.2. The fourth-order valence-electron chi connectivity index (χ4n) is 2.99. The molecule has 0 radical (unpaired) electrons. The van der Waals surface area contributed by atoms with Crippen LogP contribution in [0.5, 0.6) is 0 Å². The van der Waals surface area contributed by atoms with Crippen molar-refractivity contribution in [3.8, 4) is 0 Å². The Morgan fingerprint density at radius 3 is 2.48 bits per heavy atom. The molecule has 1 N–H and O–H groups in total. The molecule has 2 aromatic rings. The van der Waals surface area contributed by atoms with Gasteiger partial charge in [0.1, 0.15) is 6.04 Å². The summed E-state index contributed by atoms with van der Waals surface area (Å²) in [4.78, 5) is 27.3. The van der Waals surface area contributed by atoms with E-state index in [0.717, 1.165) is 24.0 Å². The Labute approximate surface area is 183 Å². The number of aryl methyl sites for hydroxylation is 1. The lowest BCUT2D eigenvalue weighted by Gasteiger charge is -2.29. The number of amides is 2. The second kappa shape index (κ2) is 11.8. The average molecular weight is 435 g/mol. The van der Waals surface area contributed by atoms with Gasteiger partial charge in [0.2, 0.25) is 11.8 Å². The van der Waals surface area contributed by atoms with E-state index in [1.165, 1.54) is 0 Å². The third-order valence-corrected chi connectivity index (χ3v) is 5.41. The van der Waals surface area contributed by atoms with Gasteiger partial charge in [-0.2, -0.15) is 0 Å². The molecule has 0 heterocycles. The highest BCUT2D eigenvalue weighted by Crippen LogP contribution is 2.23. The van der Waals surface area contributed by atoms with Gasteiger partial charge in [-0.05, 0) is 43.0 Å². The molecular weight excluding hydrogens is 407 g/mol. The normalized spacial score (nSPS) is 11.7. The second-order valence-electron chi connectivity index (χ2n) is 7.06. The van der Waals surface area contributed by atoms with Gasteiger partial charge in [-0.1, -0.05) is 72.9 Å². The monoisotopic (exact) mass is 434 g/mol. The van der Waals surface area contributed by atoms with Crippen LogP contribution in [0.25, 0.3) is 0 Å². The molecule has 0 aliphatic heterocycles. The predicted octanol–water partition coefficient (Wildman–Crippen LogP) is 5.26. The minimum atomic E-state index is -0.595. The molecule has 0 aromatic heterocycles. The van der Waals surface area contributed by atoms with E-state index >= 15 is 0 Å². The van der Waals surface area contributed by atoms with Crippen molar-refractivity contribution in [1.82, 2.24) is 10.2 Å². The summed E-state index contributed by atoms with van der Waals surface area (Å²) < 4.78 is 0. The Hall–Kier alpha value is -2.04. The maximum absolute atomic E-state index is 13.1. The van der Waals surface area contributed by atoms with Gasteiger partial charge < -0.3 is 10.2 Å². The maximum Gasteiger partial charge on any atom is 0.242 e. The lowest BCUT2D eigenvalue weighted by Crippen LogP contribution is -2.47. The summed E-state index contributed by atoms with van der Waals surface area (Å²) in [5, 5.41) is 3.93. The number of hydrogen-bond donors (Lipinski definition) is 1. The molecule has 2 rings (SSSR count). The molecule has 6 heteroatoms. The zero-order valence-electron chi connectivity index (χ0n) is 17.0. The highest BCUT2D eigenvalue weighted by Gasteiger charge is 2.26. The largest absolute Gasteiger partial charge is 0.354 e. The highest BCUT2D eigenvalue weighted by atomic mass is 35.5. The summed E-state index contributed by atoms with van der Waals surface area (Å²) in [6.45, 7) is 4.68. The predicted molar refractivity (Wildman–Crippen MR) is 119 cm³/mol. The van der Waals surface area contributed by atoms with Crippen LogP contribution < -0.4 is 5.32 Å². The molecule has 0 aliphatic rings. The van der Waals surface area contributed by atoms with Crippen molar-refractivity contribution in [2.75, 3.05) is 6.54 Å². The van der Waals surface area contributed by atoms with Crippen molar-refractivity contribution in [1.29, 1.82) is 0 Å². The van der Waals surface area contributed by atoms with E-state index in [-0.39, 0.29) is 18.4 Å². The van der Waals surface area contributed by atoms with Crippen LogP contribution in [-0.2, 0) is 22.6 Å². The Bertz CT molecular complexity index is 812. The van der Waals surface area contributed by atoms with E-state index in [1.807, 2.05) is 30.3 Å². The van der Waals surface area contributed by atoms with E-state index in [2.05, 4.69) is 12.2 Å². The average Bonchev–Trinajstić information content (AvgIpc) is 2.72. The number of nitrogens with zero attached hydrogens (tertiary/aromatic N) is 1. The first-order valence-corrected chi connectivity index (χ1v) is 10.7. The molecule has 0 bridgehead atoms. The molecule has 1 atom stereocenters. The van der Waals surface area contributed by atoms with Gasteiger partial charge >= 0.3 is 0 Å². The number of nitrogens with one attached hydrogen (secondary N) is 1. The van der Waals surface area contributed by atoms with Gasteiger partial charge in [-0.25, -0.2) is 0 Å². The molecule has 0 spiro atoms. The first-order chi connectivity index (χ1) is 13.9. The second-order valence-corrected chi connectivity index (χ2v) is 7.91. The maximum atomic E-state index is 13.1. The lowest BCUT2D eigenvalue weighted by atomic mass is 10.1. The quantitative estimate of drug-likeness (QED) is 0.518. The third kappa shape index (κ3) is 7.37. The molecular formula is C23H28Cl2N2O2. The summed E-state index contributed by atoms with van der Waals surface area (Å²) in [6.07, 6.45) is 2.84. The molecule has 2 amide bonds. The van der Waals surface area contributed by atoms with Crippen LogP contribution in [0.2, 0.25) is 10.0 Å². The Kier molecular flexibility index (Phi) is 9.49. The first-order valence-electron chi connectivity index (χ1n) is 9.97. The van der Waals surface area contributed by atoms with Gasteiger partial charge in [0.05, 0.1) is 0 Å². The van der Waals surface area contributed by atoms with E-state index in [4.69, 9.17) is 23.2 Å². The third-order valence-electron chi connectivity index (χ3n) is 4.82. The van der Waals surface area contributed by atoms with Crippen molar-refractivity contribution in [2.24, 2.45) is 0 Å². The van der Waals surface area contributed by atoms with Gasteiger partial charge in [0.25, 0.3) is 0 Å². The summed E-state index contributed by atoms with van der Waals surface area (Å²) in [6, 6.07) is 14.4. The standard InChI is InChI=1S/C23H28Cl2N2O2/c1-3-4-14-26-23(29)17(2)27(16-19-11-12-20(24)15-21(19)25)22(28)13-10-18-8-6-5-7-9-18/h5-9,11-12,15,17H,3-4,10,13-14,16H2,1-2H3,(H,26,29)/t17-/m1/s1. The Morgan fingerprint density at radius 1 is 1.10 bits per heavy atom. The van der Waals surface area contributed by atoms with Crippen LogP contribution in [0.3, 0.4) is 0 Å². The van der Waals surface area contributed by atoms with Crippen LogP contribution in [-0.4, -0.2) is 29.3 Å². The van der Waals surface area contributed by atoms with Crippen molar-refractivity contribution < 1.29 is 9.59 Å². The smallest absolute Gasteiger partial charge is 0.242 e. The minimum Gasteiger partial charge on any atom is -0.354 e. The molecule has 0 saturated carbocycles. The SMILES string of the molecule is CCCCNC(=O)[C@@H](C)N(Cc1ccc(Cl)cc1Cl)C(=O)CCc1ccccc1. The van der Waals surface area contributed by atoms with Crippen LogP contribution in [0.15, 0.2) is 48.5 Å². The van der Waals surface area contributed by atoms with Crippen LogP contribution in [0, 0.1) is 0 Å². The fourth-order valence-corrected chi connectivity index (χ4v) is 3.46. The van der Waals surface area contributed by atoms with Crippen molar-refractivity contribution in [3.63, 3.8) is 0 Å². The van der Waals surface area contributed by atoms with Crippen LogP contribution in [0.1, 0.15) is 44.2 Å². The molecule has 156 valence electrons. The molecule has 0 aliphatic carbocycles. The topological polar surface area (TPSA) is 49.4 Å². The number of unbranched alkanes of at least 4 members (excludes halogenated alkanes) is 1. The Balaban J connectivity index is 2.14. The summed E-state index contributed by atoms with van der Waals surface area (Å²) >= 11 is 12.3. The molecule has 29 heavy (non-hydrogen) atoms. The van der Waals surface area contributed by atoms with Crippen molar-refractivity contribution in [3.05, 3.63) is 69.7 Å². The van der Waals surface area contributed by atoms with Crippen LogP contribution in [0.4, 0.5) is 0 Å². The molecule has 4 nitrogen and oxygen atoms in total. The van der Waals surface area contributed by atoms with E-state index in [1.54, 1.807) is 30.0 Å². The number of halogens is 2. The highest BCUT2D eigenvalue weighted by molar-refractivity contribution is 6.35. The van der Waals surface area contributed by atoms with Crippen LogP contribution >= 0.6 is 23.2 Å². The molecule has 0 saturated heterocycles. The van der Waals surface area contributed by atoms with E-state index in [0.29, 0.717) is 29.4 Å². The van der Waals surface area contributed by atoms with E-state index in [9.17, 15) is 9.59 Å².